The normalized spacial score (nSPS) is 12.8. The molecule has 148 valence electrons. The second kappa shape index (κ2) is 7.50. The number of H-pyrrole nitrogens is 1. The molecule has 0 fully saturated rings. The average molecular weight is 382 g/mol. The number of amides is 1. The van der Waals surface area contributed by atoms with Crippen LogP contribution in [0.3, 0.4) is 0 Å². The maximum Gasteiger partial charge on any atom is 0.272 e. The fourth-order valence-electron chi connectivity index (χ4n) is 2.94. The third-order valence-electron chi connectivity index (χ3n) is 4.55. The molecule has 2 aromatic heterocycles. The lowest BCUT2D eigenvalue weighted by atomic mass is 9.93. The van der Waals surface area contributed by atoms with Crippen LogP contribution in [-0.4, -0.2) is 27.6 Å². The molecule has 0 spiro atoms. The van der Waals surface area contributed by atoms with E-state index in [4.69, 9.17) is 4.74 Å². The minimum absolute atomic E-state index is 0.0661. The molecule has 0 aliphatic heterocycles. The molecule has 2 heterocycles. The molecule has 1 amide bonds. The lowest BCUT2D eigenvalue weighted by Gasteiger charge is -2.25. The van der Waals surface area contributed by atoms with Crippen LogP contribution in [0.2, 0.25) is 0 Å². The number of aromatic nitrogens is 3. The number of methoxy groups -OCH3 is 1. The molecule has 0 aliphatic carbocycles. The number of carbonyl (C=O) groups excluding carboxylic acids is 1. The van der Waals surface area contributed by atoms with Gasteiger partial charge in [0.15, 0.2) is 5.65 Å². The van der Waals surface area contributed by atoms with Gasteiger partial charge >= 0.3 is 0 Å². The molecule has 0 saturated carbocycles. The molecule has 0 radical (unpaired) electrons. The molecule has 3 aromatic rings. The van der Waals surface area contributed by atoms with Crippen LogP contribution < -0.4 is 15.6 Å². The van der Waals surface area contributed by atoms with Crippen LogP contribution in [-0.2, 0) is 11.2 Å². The Bertz CT molecular complexity index is 1040. The molecule has 0 bridgehead atoms. The number of nitrogens with zero attached hydrogens (tertiary/aromatic N) is 2. The summed E-state index contributed by atoms with van der Waals surface area (Å²) in [4.78, 5) is 29.6. The molecule has 0 saturated heterocycles. The topological polar surface area (TPSA) is 88.5 Å². The second-order valence-corrected chi connectivity index (χ2v) is 7.97. The summed E-state index contributed by atoms with van der Waals surface area (Å²) in [7, 11) is 1.61. The van der Waals surface area contributed by atoms with Gasteiger partial charge in [0, 0.05) is 29.7 Å². The molecule has 7 nitrogen and oxygen atoms in total. The summed E-state index contributed by atoms with van der Waals surface area (Å²) in [6.45, 7) is 7.48. The number of aromatic amines is 1. The van der Waals surface area contributed by atoms with Crippen molar-refractivity contribution in [1.29, 1.82) is 0 Å². The van der Waals surface area contributed by atoms with E-state index in [1.807, 2.05) is 58.0 Å². The van der Waals surface area contributed by atoms with E-state index in [0.29, 0.717) is 17.8 Å². The van der Waals surface area contributed by atoms with Gasteiger partial charge in [0.2, 0.25) is 5.91 Å². The monoisotopic (exact) mass is 382 g/mol. The van der Waals surface area contributed by atoms with Crippen LogP contribution in [0.1, 0.15) is 43.8 Å². The Kier molecular flexibility index (Phi) is 5.27. The highest BCUT2D eigenvalue weighted by Gasteiger charge is 2.25. The molecule has 1 atom stereocenters. The van der Waals surface area contributed by atoms with Gasteiger partial charge in [0.1, 0.15) is 5.75 Å². The Morgan fingerprint density at radius 3 is 2.54 bits per heavy atom. The molecule has 0 unspecified atom stereocenters. The van der Waals surface area contributed by atoms with Gasteiger partial charge in [-0.15, -0.1) is 0 Å². The van der Waals surface area contributed by atoms with Crippen molar-refractivity contribution in [2.24, 2.45) is 5.41 Å². The maximum atomic E-state index is 12.6. The quantitative estimate of drug-likeness (QED) is 0.710. The van der Waals surface area contributed by atoms with Crippen molar-refractivity contribution in [2.75, 3.05) is 7.11 Å². The number of carbonyl (C=O) groups is 1. The number of hydrogen-bond donors (Lipinski definition) is 2. The minimum atomic E-state index is -0.528. The van der Waals surface area contributed by atoms with Crippen molar-refractivity contribution >= 4 is 11.6 Å². The summed E-state index contributed by atoms with van der Waals surface area (Å²) in [5.74, 6) is 0.675. The smallest absolute Gasteiger partial charge is 0.272 e. The van der Waals surface area contributed by atoms with Crippen LogP contribution in [0.5, 0.6) is 5.75 Å². The Hall–Kier alpha value is -3.09. The van der Waals surface area contributed by atoms with E-state index in [2.05, 4.69) is 15.4 Å². The number of ether oxygens (including phenoxy) is 1. The van der Waals surface area contributed by atoms with Gasteiger partial charge in [0.05, 0.1) is 18.8 Å². The van der Waals surface area contributed by atoms with Crippen molar-refractivity contribution in [3.8, 4) is 5.75 Å². The zero-order valence-electron chi connectivity index (χ0n) is 16.9. The van der Waals surface area contributed by atoms with Crippen molar-refractivity contribution in [1.82, 2.24) is 19.9 Å². The average Bonchev–Trinajstić information content (AvgIpc) is 3.01. The van der Waals surface area contributed by atoms with Gasteiger partial charge in [0.25, 0.3) is 5.56 Å². The van der Waals surface area contributed by atoms with Crippen LogP contribution in [0.15, 0.2) is 41.2 Å². The van der Waals surface area contributed by atoms with E-state index in [-0.39, 0.29) is 17.5 Å². The van der Waals surface area contributed by atoms with Crippen LogP contribution >= 0.6 is 0 Å². The van der Waals surface area contributed by atoms with Gasteiger partial charge < -0.3 is 10.1 Å². The predicted octanol–water partition coefficient (Wildman–Crippen LogP) is 2.79. The van der Waals surface area contributed by atoms with Crippen molar-refractivity contribution < 1.29 is 9.53 Å². The summed E-state index contributed by atoms with van der Waals surface area (Å²) in [6, 6.07) is 10.5. The fraction of sp³-hybridized carbons (Fsp3) is 0.381. The van der Waals surface area contributed by atoms with Gasteiger partial charge in [-0.05, 0) is 24.6 Å². The number of nitrogens with one attached hydrogen (secondary N) is 2. The zero-order valence-corrected chi connectivity index (χ0v) is 16.9. The molecular weight excluding hydrogens is 356 g/mol. The van der Waals surface area contributed by atoms with Crippen LogP contribution in [0.4, 0.5) is 0 Å². The number of hydrogen-bond acceptors (Lipinski definition) is 4. The summed E-state index contributed by atoms with van der Waals surface area (Å²) in [5, 5.41) is 6.06. The Morgan fingerprint density at radius 1 is 1.25 bits per heavy atom. The lowest BCUT2D eigenvalue weighted by molar-refractivity contribution is -0.129. The van der Waals surface area contributed by atoms with Gasteiger partial charge in [-0.25, -0.2) is 9.50 Å². The molecular formula is C21H26N4O3. The first-order chi connectivity index (χ1) is 13.2. The van der Waals surface area contributed by atoms with E-state index < -0.39 is 5.41 Å². The second-order valence-electron chi connectivity index (χ2n) is 7.97. The van der Waals surface area contributed by atoms with Gasteiger partial charge in [-0.2, -0.15) is 0 Å². The SMILES string of the molecule is COc1ccc([C@@H](Cc2cc(=O)n3[nH]c(C)cc3n2)NC(=O)C(C)(C)C)cc1. The highest BCUT2D eigenvalue weighted by molar-refractivity contribution is 5.81. The first-order valence-electron chi connectivity index (χ1n) is 9.20. The van der Waals surface area contributed by atoms with Crippen molar-refractivity contribution in [3.63, 3.8) is 0 Å². The van der Waals surface area contributed by atoms with Gasteiger partial charge in [-0.1, -0.05) is 32.9 Å². The third-order valence-corrected chi connectivity index (χ3v) is 4.55. The highest BCUT2D eigenvalue weighted by atomic mass is 16.5. The van der Waals surface area contributed by atoms with Crippen molar-refractivity contribution in [3.05, 3.63) is 63.7 Å². The summed E-state index contributed by atoms with van der Waals surface area (Å²) in [6.07, 6.45) is 0.407. The summed E-state index contributed by atoms with van der Waals surface area (Å²) >= 11 is 0. The lowest BCUT2D eigenvalue weighted by Crippen LogP contribution is -2.38. The molecule has 0 aliphatic rings. The van der Waals surface area contributed by atoms with E-state index >= 15 is 0 Å². The Balaban J connectivity index is 1.96. The largest absolute Gasteiger partial charge is 0.497 e. The van der Waals surface area contributed by atoms with Gasteiger partial charge in [-0.3, -0.25) is 14.7 Å². The highest BCUT2D eigenvalue weighted by Crippen LogP contribution is 2.23. The molecule has 1 aromatic carbocycles. The third kappa shape index (κ3) is 4.24. The molecule has 7 heteroatoms. The van der Waals surface area contributed by atoms with E-state index in [9.17, 15) is 9.59 Å². The summed E-state index contributed by atoms with van der Waals surface area (Å²) < 4.78 is 6.63. The Labute approximate surface area is 163 Å². The predicted molar refractivity (Wildman–Crippen MR) is 108 cm³/mol. The number of benzene rings is 1. The van der Waals surface area contributed by atoms with E-state index in [1.54, 1.807) is 7.11 Å². The first kappa shape index (κ1) is 19.7. The molecule has 28 heavy (non-hydrogen) atoms. The van der Waals surface area contributed by atoms with Crippen LogP contribution in [0, 0.1) is 12.3 Å². The zero-order chi connectivity index (χ0) is 20.5. The standard InChI is InChI=1S/C21H26N4O3/c1-13-10-18-22-15(12-19(26)25(18)24-13)11-17(23-20(27)21(2,3)4)14-6-8-16(28-5)9-7-14/h6-10,12,17,24H,11H2,1-5H3,(H,23,27)/t17-/m1/s1. The number of fused-ring (bicyclic) bond motifs is 1. The van der Waals surface area contributed by atoms with E-state index in [0.717, 1.165) is 17.0 Å². The summed E-state index contributed by atoms with van der Waals surface area (Å²) in [5.41, 5.74) is 2.26. The fourth-order valence-corrected chi connectivity index (χ4v) is 2.94. The number of rotatable bonds is 5. The molecule has 3 rings (SSSR count). The Morgan fingerprint density at radius 2 is 1.93 bits per heavy atom. The first-order valence-corrected chi connectivity index (χ1v) is 9.20. The molecule has 2 N–H and O–H groups in total. The minimum Gasteiger partial charge on any atom is -0.497 e. The van der Waals surface area contributed by atoms with Crippen molar-refractivity contribution in [2.45, 2.75) is 40.2 Å². The number of aryl methyl sites for hydroxylation is 1. The van der Waals surface area contributed by atoms with Crippen LogP contribution in [0.25, 0.3) is 5.65 Å². The van der Waals surface area contributed by atoms with E-state index in [1.165, 1.54) is 10.6 Å². The maximum absolute atomic E-state index is 12.6.